The summed E-state index contributed by atoms with van der Waals surface area (Å²) >= 11 is 0. The molecule has 0 atom stereocenters. The number of rotatable bonds is 8. The molecule has 0 spiro atoms. The van der Waals surface area contributed by atoms with Crippen molar-refractivity contribution in [2.75, 3.05) is 4.90 Å². The minimum absolute atomic E-state index is 1.09. The van der Waals surface area contributed by atoms with Crippen molar-refractivity contribution < 1.29 is 0 Å². The summed E-state index contributed by atoms with van der Waals surface area (Å²) in [5, 5.41) is 4.99. The molecule has 1 heteroatoms. The van der Waals surface area contributed by atoms with Gasteiger partial charge in [0, 0.05) is 17.1 Å². The molecule has 10 aromatic rings. The average molecular weight is 726 g/mol. The van der Waals surface area contributed by atoms with Gasteiger partial charge in [-0.25, -0.2) is 0 Å². The van der Waals surface area contributed by atoms with Crippen LogP contribution in [0, 0.1) is 0 Å². The third-order valence-electron chi connectivity index (χ3n) is 11.1. The van der Waals surface area contributed by atoms with Crippen molar-refractivity contribution in [3.63, 3.8) is 0 Å². The zero-order valence-corrected chi connectivity index (χ0v) is 31.5. The van der Waals surface area contributed by atoms with Gasteiger partial charge in [0.1, 0.15) is 0 Å². The Morgan fingerprint density at radius 2 is 0.702 bits per heavy atom. The van der Waals surface area contributed by atoms with E-state index in [2.05, 4.69) is 241 Å². The molecule has 0 aliphatic rings. The Kier molecular flexibility index (Phi) is 8.95. The summed E-state index contributed by atoms with van der Waals surface area (Å²) in [5.41, 5.74) is 15.3. The van der Waals surface area contributed by atoms with Gasteiger partial charge in [-0.3, -0.25) is 0 Å². The van der Waals surface area contributed by atoms with E-state index in [4.69, 9.17) is 0 Å². The van der Waals surface area contributed by atoms with Crippen LogP contribution < -0.4 is 4.90 Å². The first kappa shape index (κ1) is 34.0. The van der Waals surface area contributed by atoms with Crippen LogP contribution in [0.1, 0.15) is 0 Å². The van der Waals surface area contributed by atoms with Crippen molar-refractivity contribution in [2.24, 2.45) is 0 Å². The second-order valence-corrected chi connectivity index (χ2v) is 14.6. The predicted octanol–water partition coefficient (Wildman–Crippen LogP) is 15.8. The van der Waals surface area contributed by atoms with Crippen molar-refractivity contribution >= 4 is 38.6 Å². The van der Waals surface area contributed by atoms with Gasteiger partial charge >= 0.3 is 0 Å². The molecule has 0 N–H and O–H groups in total. The number of hydrogen-bond acceptors (Lipinski definition) is 1. The second-order valence-electron chi connectivity index (χ2n) is 14.6. The average Bonchev–Trinajstić information content (AvgIpc) is 3.30. The van der Waals surface area contributed by atoms with Gasteiger partial charge < -0.3 is 4.90 Å². The molecule has 57 heavy (non-hydrogen) atoms. The first-order chi connectivity index (χ1) is 28.2. The summed E-state index contributed by atoms with van der Waals surface area (Å²) in [5.74, 6) is 0. The molecule has 0 aliphatic heterocycles. The van der Waals surface area contributed by atoms with Gasteiger partial charge in [0.2, 0.25) is 0 Å². The Hall–Kier alpha value is -7.48. The first-order valence-electron chi connectivity index (χ1n) is 19.6. The fraction of sp³-hybridized carbons (Fsp3) is 0. The fourth-order valence-electron chi connectivity index (χ4n) is 8.16. The minimum Gasteiger partial charge on any atom is -0.310 e. The van der Waals surface area contributed by atoms with Crippen LogP contribution in [-0.2, 0) is 0 Å². The van der Waals surface area contributed by atoms with Crippen LogP contribution in [0.4, 0.5) is 17.1 Å². The summed E-state index contributed by atoms with van der Waals surface area (Å²) in [6.45, 7) is 0. The normalized spacial score (nSPS) is 11.2. The van der Waals surface area contributed by atoms with E-state index in [1.54, 1.807) is 0 Å². The summed E-state index contributed by atoms with van der Waals surface area (Å²) in [7, 11) is 0. The Morgan fingerprint density at radius 1 is 0.211 bits per heavy atom. The van der Waals surface area contributed by atoms with E-state index in [0.717, 1.165) is 17.1 Å². The molecular weight excluding hydrogens is 687 g/mol. The quantitative estimate of drug-likeness (QED) is 0.151. The van der Waals surface area contributed by atoms with Crippen molar-refractivity contribution in [2.45, 2.75) is 0 Å². The largest absolute Gasteiger partial charge is 0.310 e. The van der Waals surface area contributed by atoms with Gasteiger partial charge in [0.05, 0.1) is 0 Å². The maximum Gasteiger partial charge on any atom is 0.0467 e. The van der Waals surface area contributed by atoms with Gasteiger partial charge in [-0.1, -0.05) is 188 Å². The number of fused-ring (bicyclic) bond motifs is 2. The number of benzene rings is 10. The summed E-state index contributed by atoms with van der Waals surface area (Å²) in [4.78, 5) is 2.37. The monoisotopic (exact) mass is 725 g/mol. The fourth-order valence-corrected chi connectivity index (χ4v) is 8.16. The van der Waals surface area contributed by atoms with Gasteiger partial charge in [-0.2, -0.15) is 0 Å². The molecule has 0 fully saturated rings. The maximum absolute atomic E-state index is 2.37. The summed E-state index contributed by atoms with van der Waals surface area (Å²) in [6.07, 6.45) is 0. The van der Waals surface area contributed by atoms with Crippen LogP contribution in [-0.4, -0.2) is 0 Å². The van der Waals surface area contributed by atoms with Crippen molar-refractivity contribution in [1.29, 1.82) is 0 Å². The summed E-state index contributed by atoms with van der Waals surface area (Å²) < 4.78 is 0. The zero-order valence-electron chi connectivity index (χ0n) is 31.5. The van der Waals surface area contributed by atoms with Crippen molar-refractivity contribution in [3.8, 4) is 55.6 Å². The van der Waals surface area contributed by atoms with E-state index in [9.17, 15) is 0 Å². The van der Waals surface area contributed by atoms with Crippen LogP contribution in [0.15, 0.2) is 237 Å². The van der Waals surface area contributed by atoms with E-state index >= 15 is 0 Å². The van der Waals surface area contributed by atoms with Crippen molar-refractivity contribution in [1.82, 2.24) is 0 Å². The lowest BCUT2D eigenvalue weighted by atomic mass is 9.91. The molecular formula is C56H39N. The Labute approximate surface area is 334 Å². The lowest BCUT2D eigenvalue weighted by Gasteiger charge is -2.26. The molecule has 10 rings (SSSR count). The topological polar surface area (TPSA) is 3.24 Å². The molecule has 1 nitrogen and oxygen atoms in total. The molecule has 268 valence electrons. The number of hydrogen-bond donors (Lipinski definition) is 0. The smallest absolute Gasteiger partial charge is 0.0467 e. The lowest BCUT2D eigenvalue weighted by molar-refractivity contribution is 1.28. The van der Waals surface area contributed by atoms with E-state index in [-0.39, 0.29) is 0 Å². The molecule has 0 aliphatic carbocycles. The molecule has 0 aromatic heterocycles. The van der Waals surface area contributed by atoms with Crippen LogP contribution in [0.5, 0.6) is 0 Å². The standard InChI is InChI=1S/C56H39N/c1-3-14-42(15-4-1)55-36-31-49(39-56(55)44-16-5-2-6-17-44)41-27-32-50(33-28-41)57(51-34-29-45(30-35-51)54-24-12-20-43-18-9-10-23-53(43)54)52-22-11-21-47(38-52)48-26-25-40-13-7-8-19-46(40)37-48/h1-39H. The Bertz CT molecular complexity index is 2980. The highest BCUT2D eigenvalue weighted by Gasteiger charge is 2.16. The molecule has 10 aromatic carbocycles. The van der Waals surface area contributed by atoms with Crippen LogP contribution in [0.3, 0.4) is 0 Å². The highest BCUT2D eigenvalue weighted by atomic mass is 15.1. The predicted molar refractivity (Wildman–Crippen MR) is 243 cm³/mol. The van der Waals surface area contributed by atoms with Gasteiger partial charge in [-0.05, 0) is 126 Å². The third kappa shape index (κ3) is 6.77. The van der Waals surface area contributed by atoms with E-state index in [0.29, 0.717) is 0 Å². The van der Waals surface area contributed by atoms with E-state index in [1.807, 2.05) is 0 Å². The second kappa shape index (κ2) is 15.0. The SMILES string of the molecule is c1ccc(-c2ccc(-c3ccc(N(c4ccc(-c5cccc6ccccc56)cc4)c4cccc(-c5ccc6ccccc6c5)c4)cc3)cc2-c2ccccc2)cc1. The van der Waals surface area contributed by atoms with E-state index in [1.165, 1.54) is 77.2 Å². The van der Waals surface area contributed by atoms with Crippen molar-refractivity contribution in [3.05, 3.63) is 237 Å². The zero-order chi connectivity index (χ0) is 38.0. The van der Waals surface area contributed by atoms with Gasteiger partial charge in [0.15, 0.2) is 0 Å². The highest BCUT2D eigenvalue weighted by molar-refractivity contribution is 5.97. The minimum atomic E-state index is 1.09. The molecule has 0 unspecified atom stereocenters. The molecule has 0 saturated heterocycles. The molecule has 0 bridgehead atoms. The number of nitrogens with zero attached hydrogens (tertiary/aromatic N) is 1. The molecule has 0 heterocycles. The number of anilines is 3. The molecule has 0 radical (unpaired) electrons. The van der Waals surface area contributed by atoms with Gasteiger partial charge in [0.25, 0.3) is 0 Å². The molecule has 0 amide bonds. The first-order valence-corrected chi connectivity index (χ1v) is 19.6. The van der Waals surface area contributed by atoms with E-state index < -0.39 is 0 Å². The summed E-state index contributed by atoms with van der Waals surface area (Å²) in [6, 6.07) is 85.6. The Balaban J connectivity index is 1.06. The molecule has 0 saturated carbocycles. The van der Waals surface area contributed by atoms with Crippen LogP contribution >= 0.6 is 0 Å². The lowest BCUT2D eigenvalue weighted by Crippen LogP contribution is -2.10. The maximum atomic E-state index is 2.37. The third-order valence-corrected chi connectivity index (χ3v) is 11.1. The van der Waals surface area contributed by atoms with Crippen LogP contribution in [0.25, 0.3) is 77.2 Å². The highest BCUT2D eigenvalue weighted by Crippen LogP contribution is 2.41. The van der Waals surface area contributed by atoms with Gasteiger partial charge in [-0.15, -0.1) is 0 Å². The van der Waals surface area contributed by atoms with Crippen LogP contribution in [0.2, 0.25) is 0 Å². The Morgan fingerprint density at radius 3 is 1.44 bits per heavy atom.